The molecule has 8 heteroatoms. The number of H-pyrrole nitrogens is 1. The van der Waals surface area contributed by atoms with E-state index in [1.54, 1.807) is 0 Å². The van der Waals surface area contributed by atoms with E-state index < -0.39 is 5.54 Å². The average Bonchev–Trinajstić information content (AvgIpc) is 3.25. The third-order valence-corrected chi connectivity index (χ3v) is 7.39. The fourth-order valence-corrected chi connectivity index (χ4v) is 5.41. The first-order valence-electron chi connectivity index (χ1n) is 9.75. The number of nitrogens with zero attached hydrogens (tertiary/aromatic N) is 2. The second-order valence-electron chi connectivity index (χ2n) is 7.64. The highest BCUT2D eigenvalue weighted by Gasteiger charge is 2.35. The molecule has 1 saturated carbocycles. The van der Waals surface area contributed by atoms with Gasteiger partial charge in [0.1, 0.15) is 10.4 Å². The minimum absolute atomic E-state index is 0.127. The molecule has 2 aromatic heterocycles. The van der Waals surface area contributed by atoms with Crippen molar-refractivity contribution in [3.63, 3.8) is 0 Å². The van der Waals surface area contributed by atoms with Crippen molar-refractivity contribution in [2.24, 2.45) is 5.92 Å². The summed E-state index contributed by atoms with van der Waals surface area (Å²) in [5, 5.41) is 13.4. The second kappa shape index (κ2) is 8.66. The molecule has 3 rings (SSSR count). The standard InChI is InChI=1S/C20H26N4O2S2/c1-4-12(2)9-14-13(3)28-18-16(14)17(26)22-19(23-18)27-10-15(25)24-20(11-21)7-5-6-8-20/h12H,4-10H2,1-3H3,(H,24,25)(H,22,23,26). The third-order valence-electron chi connectivity index (χ3n) is 5.48. The van der Waals surface area contributed by atoms with Crippen molar-refractivity contribution in [3.8, 4) is 6.07 Å². The molecule has 0 bridgehead atoms. The summed E-state index contributed by atoms with van der Waals surface area (Å²) in [6.45, 7) is 6.37. The predicted molar refractivity (Wildman–Crippen MR) is 114 cm³/mol. The summed E-state index contributed by atoms with van der Waals surface area (Å²) in [4.78, 5) is 34.2. The highest BCUT2D eigenvalue weighted by atomic mass is 32.2. The SMILES string of the molecule is CCC(C)Cc1c(C)sc2nc(SCC(=O)NC3(C#N)CCCC3)[nH]c(=O)c12. The molecule has 6 nitrogen and oxygen atoms in total. The second-order valence-corrected chi connectivity index (χ2v) is 9.81. The van der Waals surface area contributed by atoms with Crippen LogP contribution in [0.2, 0.25) is 0 Å². The minimum atomic E-state index is -0.724. The number of carbonyl (C=O) groups is 1. The van der Waals surface area contributed by atoms with Crippen LogP contribution in [0.25, 0.3) is 10.2 Å². The molecule has 1 amide bonds. The van der Waals surface area contributed by atoms with E-state index in [1.807, 2.05) is 6.92 Å². The molecule has 1 atom stereocenters. The van der Waals surface area contributed by atoms with Gasteiger partial charge < -0.3 is 10.3 Å². The Bertz CT molecular complexity index is 967. The van der Waals surface area contributed by atoms with Gasteiger partial charge in [0, 0.05) is 4.88 Å². The molecule has 28 heavy (non-hydrogen) atoms. The molecule has 1 aliphatic rings. The number of aromatic amines is 1. The van der Waals surface area contributed by atoms with Gasteiger partial charge in [0.25, 0.3) is 5.56 Å². The normalized spacial score (nSPS) is 16.8. The van der Waals surface area contributed by atoms with Crippen molar-refractivity contribution in [3.05, 3.63) is 20.8 Å². The lowest BCUT2D eigenvalue weighted by Gasteiger charge is -2.21. The fraction of sp³-hybridized carbons (Fsp3) is 0.600. The van der Waals surface area contributed by atoms with Crippen LogP contribution in [0.3, 0.4) is 0 Å². The number of rotatable bonds is 7. The van der Waals surface area contributed by atoms with E-state index >= 15 is 0 Å². The number of aryl methyl sites for hydroxylation is 1. The first-order chi connectivity index (χ1) is 13.4. The van der Waals surface area contributed by atoms with Crippen LogP contribution in [0, 0.1) is 24.2 Å². The molecule has 1 aliphatic carbocycles. The molecular weight excluding hydrogens is 392 g/mol. The third kappa shape index (κ3) is 4.41. The van der Waals surface area contributed by atoms with E-state index in [-0.39, 0.29) is 17.2 Å². The van der Waals surface area contributed by atoms with Crippen molar-refractivity contribution in [1.29, 1.82) is 5.26 Å². The maximum Gasteiger partial charge on any atom is 0.260 e. The summed E-state index contributed by atoms with van der Waals surface area (Å²) < 4.78 is 0. The van der Waals surface area contributed by atoms with Gasteiger partial charge in [0.05, 0.1) is 17.2 Å². The van der Waals surface area contributed by atoms with Gasteiger partial charge in [-0.15, -0.1) is 11.3 Å². The highest BCUT2D eigenvalue weighted by molar-refractivity contribution is 7.99. The summed E-state index contributed by atoms with van der Waals surface area (Å²) >= 11 is 2.74. The van der Waals surface area contributed by atoms with Gasteiger partial charge in [-0.3, -0.25) is 9.59 Å². The number of nitriles is 1. The molecule has 0 saturated heterocycles. The van der Waals surface area contributed by atoms with Gasteiger partial charge in [-0.1, -0.05) is 32.0 Å². The van der Waals surface area contributed by atoms with E-state index in [2.05, 4.69) is 35.2 Å². The average molecular weight is 419 g/mol. The molecule has 0 aromatic carbocycles. The van der Waals surface area contributed by atoms with E-state index in [0.717, 1.165) is 41.0 Å². The lowest BCUT2D eigenvalue weighted by molar-refractivity contribution is -0.119. The zero-order chi connectivity index (χ0) is 20.3. The minimum Gasteiger partial charge on any atom is -0.337 e. The van der Waals surface area contributed by atoms with Crippen molar-refractivity contribution in [2.75, 3.05) is 5.75 Å². The van der Waals surface area contributed by atoms with Gasteiger partial charge in [-0.05, 0) is 50.5 Å². The van der Waals surface area contributed by atoms with Gasteiger partial charge in [0.2, 0.25) is 5.91 Å². The van der Waals surface area contributed by atoms with Crippen LogP contribution in [0.15, 0.2) is 9.95 Å². The van der Waals surface area contributed by atoms with Gasteiger partial charge in [-0.2, -0.15) is 5.26 Å². The number of thioether (sulfide) groups is 1. The van der Waals surface area contributed by atoms with Crippen LogP contribution >= 0.6 is 23.1 Å². The number of aromatic nitrogens is 2. The van der Waals surface area contributed by atoms with E-state index in [4.69, 9.17) is 0 Å². The van der Waals surface area contributed by atoms with Crippen molar-refractivity contribution in [1.82, 2.24) is 15.3 Å². The zero-order valence-corrected chi connectivity index (χ0v) is 18.2. The molecule has 0 aliphatic heterocycles. The number of fused-ring (bicyclic) bond motifs is 1. The summed E-state index contributed by atoms with van der Waals surface area (Å²) in [6.07, 6.45) is 5.27. The Morgan fingerprint density at radius 3 is 2.82 bits per heavy atom. The van der Waals surface area contributed by atoms with Crippen LogP contribution in [0.5, 0.6) is 0 Å². The molecule has 2 heterocycles. The van der Waals surface area contributed by atoms with E-state index in [1.165, 1.54) is 23.1 Å². The summed E-state index contributed by atoms with van der Waals surface area (Å²) in [7, 11) is 0. The number of amides is 1. The lowest BCUT2D eigenvalue weighted by atomic mass is 9.98. The molecule has 1 unspecified atom stereocenters. The molecule has 2 N–H and O–H groups in total. The molecule has 2 aromatic rings. The van der Waals surface area contributed by atoms with Crippen molar-refractivity contribution in [2.45, 2.75) is 70.0 Å². The number of nitrogens with one attached hydrogen (secondary N) is 2. The highest BCUT2D eigenvalue weighted by Crippen LogP contribution is 2.31. The van der Waals surface area contributed by atoms with Crippen LogP contribution in [0.1, 0.15) is 56.4 Å². The van der Waals surface area contributed by atoms with Crippen LogP contribution in [-0.4, -0.2) is 27.2 Å². The molecular formula is C20H26N4O2S2. The summed E-state index contributed by atoms with van der Waals surface area (Å²) in [5.41, 5.74) is 0.229. The Morgan fingerprint density at radius 2 is 2.18 bits per heavy atom. The Hall–Kier alpha value is -1.85. The maximum absolute atomic E-state index is 12.7. The maximum atomic E-state index is 12.7. The van der Waals surface area contributed by atoms with Gasteiger partial charge in [-0.25, -0.2) is 4.98 Å². The molecule has 1 fully saturated rings. The predicted octanol–water partition coefficient (Wildman–Crippen LogP) is 3.93. The summed E-state index contributed by atoms with van der Waals surface area (Å²) in [5.74, 6) is 0.440. The lowest BCUT2D eigenvalue weighted by Crippen LogP contribution is -2.45. The largest absolute Gasteiger partial charge is 0.337 e. The van der Waals surface area contributed by atoms with Crippen molar-refractivity contribution >= 4 is 39.2 Å². The molecule has 150 valence electrons. The Labute approximate surface area is 173 Å². The Kier molecular flexibility index (Phi) is 6.46. The molecule has 0 spiro atoms. The van der Waals surface area contributed by atoms with Crippen LogP contribution in [0.4, 0.5) is 0 Å². The van der Waals surface area contributed by atoms with Crippen LogP contribution in [-0.2, 0) is 11.2 Å². The van der Waals surface area contributed by atoms with Gasteiger partial charge >= 0.3 is 0 Å². The topological polar surface area (TPSA) is 98.6 Å². The first kappa shape index (κ1) is 20.9. The number of thiophene rings is 1. The zero-order valence-electron chi connectivity index (χ0n) is 16.6. The smallest absolute Gasteiger partial charge is 0.260 e. The monoisotopic (exact) mass is 418 g/mol. The Morgan fingerprint density at radius 1 is 1.46 bits per heavy atom. The van der Waals surface area contributed by atoms with E-state index in [0.29, 0.717) is 29.3 Å². The number of hydrogen-bond acceptors (Lipinski definition) is 6. The number of hydrogen-bond donors (Lipinski definition) is 2. The Balaban J connectivity index is 1.73. The molecule has 0 radical (unpaired) electrons. The number of carbonyl (C=O) groups excluding carboxylic acids is 1. The van der Waals surface area contributed by atoms with Crippen LogP contribution < -0.4 is 10.9 Å². The summed E-state index contributed by atoms with van der Waals surface area (Å²) in [6, 6.07) is 2.26. The van der Waals surface area contributed by atoms with Gasteiger partial charge in [0.15, 0.2) is 5.16 Å². The van der Waals surface area contributed by atoms with Crippen molar-refractivity contribution < 1.29 is 4.79 Å². The quantitative estimate of drug-likeness (QED) is 0.524. The fourth-order valence-electron chi connectivity index (χ4n) is 3.64. The van der Waals surface area contributed by atoms with E-state index in [9.17, 15) is 14.9 Å². The first-order valence-corrected chi connectivity index (χ1v) is 11.5.